The summed E-state index contributed by atoms with van der Waals surface area (Å²) in [6, 6.07) is 5.02. The van der Waals surface area contributed by atoms with Crippen LogP contribution in [0.1, 0.15) is 18.9 Å². The van der Waals surface area contributed by atoms with E-state index in [2.05, 4.69) is 15.0 Å². The first-order valence-electron chi connectivity index (χ1n) is 7.09. The lowest BCUT2D eigenvalue weighted by Gasteiger charge is -2.13. The van der Waals surface area contributed by atoms with Crippen molar-refractivity contribution in [3.05, 3.63) is 23.8 Å². The van der Waals surface area contributed by atoms with Gasteiger partial charge in [-0.15, -0.1) is 0 Å². The minimum atomic E-state index is -2.85. The molecule has 0 fully saturated rings. The van der Waals surface area contributed by atoms with Crippen LogP contribution in [0.5, 0.6) is 11.5 Å². The predicted octanol–water partition coefficient (Wildman–Crippen LogP) is 2.73. The number of nitrogens with zero attached hydrogens (tertiary/aromatic N) is 1. The number of nitrogens with one attached hydrogen (secondary N) is 1. The summed E-state index contributed by atoms with van der Waals surface area (Å²) in [6.07, 6.45) is 1.05. The van der Waals surface area contributed by atoms with Crippen molar-refractivity contribution in [3.8, 4) is 11.5 Å². The molecule has 0 aromatic heterocycles. The molecule has 1 N–H and O–H groups in total. The van der Waals surface area contributed by atoms with Crippen molar-refractivity contribution in [2.45, 2.75) is 26.5 Å². The molecule has 4 nitrogen and oxygen atoms in total. The Balaban J connectivity index is 2.53. The summed E-state index contributed by atoms with van der Waals surface area (Å²) < 4.78 is 34.4. The van der Waals surface area contributed by atoms with E-state index in [1.54, 1.807) is 19.1 Å². The van der Waals surface area contributed by atoms with Gasteiger partial charge in [0.05, 0.1) is 6.61 Å². The SMILES string of the molecule is CCOc1cc(CNCCCN(C)C)ccc1OC(F)F. The Hall–Kier alpha value is -1.40. The molecule has 21 heavy (non-hydrogen) atoms. The largest absolute Gasteiger partial charge is 0.490 e. The van der Waals surface area contributed by atoms with Crippen LogP contribution in [0.25, 0.3) is 0 Å². The van der Waals surface area contributed by atoms with Crippen molar-refractivity contribution in [2.24, 2.45) is 0 Å². The summed E-state index contributed by atoms with van der Waals surface area (Å²) in [5.74, 6) is 0.425. The molecule has 0 radical (unpaired) electrons. The van der Waals surface area contributed by atoms with Crippen LogP contribution in [-0.4, -0.2) is 45.3 Å². The van der Waals surface area contributed by atoms with E-state index >= 15 is 0 Å². The molecule has 0 saturated carbocycles. The lowest BCUT2D eigenvalue weighted by molar-refractivity contribution is -0.0514. The summed E-state index contributed by atoms with van der Waals surface area (Å²) in [5, 5.41) is 3.32. The summed E-state index contributed by atoms with van der Waals surface area (Å²) >= 11 is 0. The monoisotopic (exact) mass is 302 g/mol. The van der Waals surface area contributed by atoms with E-state index in [1.165, 1.54) is 6.07 Å². The Labute approximate surface area is 125 Å². The number of ether oxygens (including phenoxy) is 2. The van der Waals surface area contributed by atoms with Gasteiger partial charge in [0.1, 0.15) is 0 Å². The van der Waals surface area contributed by atoms with Crippen LogP contribution in [0.3, 0.4) is 0 Å². The third-order valence-electron chi connectivity index (χ3n) is 2.81. The highest BCUT2D eigenvalue weighted by atomic mass is 19.3. The zero-order valence-electron chi connectivity index (χ0n) is 12.9. The highest BCUT2D eigenvalue weighted by molar-refractivity contribution is 5.43. The van der Waals surface area contributed by atoms with Gasteiger partial charge in [-0.25, -0.2) is 0 Å². The molecule has 0 amide bonds. The maximum Gasteiger partial charge on any atom is 0.387 e. The first-order valence-corrected chi connectivity index (χ1v) is 7.09. The summed E-state index contributed by atoms with van der Waals surface area (Å²) in [6.45, 7) is 1.95. The van der Waals surface area contributed by atoms with Crippen molar-refractivity contribution in [1.29, 1.82) is 0 Å². The lowest BCUT2D eigenvalue weighted by Crippen LogP contribution is -2.21. The van der Waals surface area contributed by atoms with Crippen LogP contribution >= 0.6 is 0 Å². The topological polar surface area (TPSA) is 33.7 Å². The second kappa shape index (κ2) is 9.52. The van der Waals surface area contributed by atoms with Gasteiger partial charge in [-0.1, -0.05) is 6.07 Å². The van der Waals surface area contributed by atoms with Crippen LogP contribution in [0.2, 0.25) is 0 Å². The van der Waals surface area contributed by atoms with E-state index in [1.807, 2.05) is 14.1 Å². The molecule has 0 spiro atoms. The standard InChI is InChI=1S/C15H24F2N2O2/c1-4-20-14-10-12(6-7-13(14)21-15(16)17)11-18-8-5-9-19(2)3/h6-7,10,15,18H,4-5,8-9,11H2,1-3H3. The fourth-order valence-electron chi connectivity index (χ4n) is 1.88. The van der Waals surface area contributed by atoms with Gasteiger partial charge in [0.2, 0.25) is 0 Å². The Morgan fingerprint density at radius 2 is 2.00 bits per heavy atom. The van der Waals surface area contributed by atoms with Crippen molar-refractivity contribution >= 4 is 0 Å². The van der Waals surface area contributed by atoms with E-state index in [0.717, 1.165) is 25.1 Å². The van der Waals surface area contributed by atoms with Crippen molar-refractivity contribution in [3.63, 3.8) is 0 Å². The van der Waals surface area contributed by atoms with Gasteiger partial charge in [-0.3, -0.25) is 0 Å². The quantitative estimate of drug-likeness (QED) is 0.674. The molecule has 0 saturated heterocycles. The summed E-state index contributed by atoms with van der Waals surface area (Å²) in [4.78, 5) is 2.13. The van der Waals surface area contributed by atoms with Gasteiger partial charge in [0, 0.05) is 6.54 Å². The number of halogens is 2. The molecule has 120 valence electrons. The fraction of sp³-hybridized carbons (Fsp3) is 0.600. The van der Waals surface area contributed by atoms with E-state index in [9.17, 15) is 8.78 Å². The molecule has 1 rings (SSSR count). The molecule has 1 aromatic carbocycles. The van der Waals surface area contributed by atoms with Gasteiger partial charge < -0.3 is 19.7 Å². The van der Waals surface area contributed by atoms with Crippen molar-refractivity contribution in [1.82, 2.24) is 10.2 Å². The van der Waals surface area contributed by atoms with Gasteiger partial charge >= 0.3 is 6.61 Å². The Morgan fingerprint density at radius 3 is 2.62 bits per heavy atom. The molecule has 0 unspecified atom stereocenters. The second-order valence-electron chi connectivity index (χ2n) is 4.93. The van der Waals surface area contributed by atoms with Crippen molar-refractivity contribution in [2.75, 3.05) is 33.8 Å². The third kappa shape index (κ3) is 7.24. The van der Waals surface area contributed by atoms with Crippen LogP contribution in [0, 0.1) is 0 Å². The number of hydrogen-bond acceptors (Lipinski definition) is 4. The van der Waals surface area contributed by atoms with Crippen LogP contribution in [-0.2, 0) is 6.54 Å². The van der Waals surface area contributed by atoms with Gasteiger partial charge in [0.15, 0.2) is 11.5 Å². The van der Waals surface area contributed by atoms with Crippen molar-refractivity contribution < 1.29 is 18.3 Å². The molecule has 1 aromatic rings. The molecular weight excluding hydrogens is 278 g/mol. The predicted molar refractivity (Wildman–Crippen MR) is 79.1 cm³/mol. The average Bonchev–Trinajstić information content (AvgIpc) is 2.40. The maximum absolute atomic E-state index is 12.3. The Morgan fingerprint density at radius 1 is 1.24 bits per heavy atom. The van der Waals surface area contributed by atoms with Crippen LogP contribution in [0.15, 0.2) is 18.2 Å². The van der Waals surface area contributed by atoms with Gasteiger partial charge in [-0.05, 0) is 58.2 Å². The number of hydrogen-bond donors (Lipinski definition) is 1. The molecule has 0 bridgehead atoms. The van der Waals surface area contributed by atoms with E-state index in [-0.39, 0.29) is 5.75 Å². The molecule has 0 aliphatic rings. The van der Waals surface area contributed by atoms with Gasteiger partial charge in [-0.2, -0.15) is 8.78 Å². The first-order chi connectivity index (χ1) is 10.0. The molecule has 0 aliphatic heterocycles. The highest BCUT2D eigenvalue weighted by Crippen LogP contribution is 2.29. The van der Waals surface area contributed by atoms with E-state index in [4.69, 9.17) is 4.74 Å². The molecule has 0 heterocycles. The minimum Gasteiger partial charge on any atom is -0.490 e. The zero-order chi connectivity index (χ0) is 15.7. The molecule has 0 atom stereocenters. The lowest BCUT2D eigenvalue weighted by atomic mass is 10.2. The van der Waals surface area contributed by atoms with Crippen LogP contribution in [0.4, 0.5) is 8.78 Å². The van der Waals surface area contributed by atoms with E-state index < -0.39 is 6.61 Å². The third-order valence-corrected chi connectivity index (χ3v) is 2.81. The summed E-state index contributed by atoms with van der Waals surface area (Å²) in [5.41, 5.74) is 0.977. The second-order valence-corrected chi connectivity index (χ2v) is 4.93. The molecule has 6 heteroatoms. The minimum absolute atomic E-state index is 0.0724. The first kappa shape index (κ1) is 17.7. The van der Waals surface area contributed by atoms with E-state index in [0.29, 0.717) is 18.9 Å². The number of benzene rings is 1. The Bertz CT molecular complexity index is 415. The smallest absolute Gasteiger partial charge is 0.387 e. The highest BCUT2D eigenvalue weighted by Gasteiger charge is 2.11. The number of rotatable bonds is 10. The number of alkyl halides is 2. The zero-order valence-corrected chi connectivity index (χ0v) is 12.9. The molecule has 0 aliphatic carbocycles. The van der Waals surface area contributed by atoms with Crippen LogP contribution < -0.4 is 14.8 Å². The van der Waals surface area contributed by atoms with Gasteiger partial charge in [0.25, 0.3) is 0 Å². The fourth-order valence-corrected chi connectivity index (χ4v) is 1.88. The summed E-state index contributed by atoms with van der Waals surface area (Å²) in [7, 11) is 4.08. The maximum atomic E-state index is 12.3. The molecular formula is C15H24F2N2O2. The normalized spacial score (nSPS) is 11.2. The Kier molecular flexibility index (Phi) is 8.00. The average molecular weight is 302 g/mol.